The van der Waals surface area contributed by atoms with E-state index >= 15 is 0 Å². The highest BCUT2D eigenvalue weighted by Crippen LogP contribution is 2.47. The first-order valence-corrected chi connectivity index (χ1v) is 13.9. The Morgan fingerprint density at radius 3 is 2.47 bits per heavy atom. The van der Waals surface area contributed by atoms with E-state index in [2.05, 4.69) is 70.8 Å². The van der Waals surface area contributed by atoms with Gasteiger partial charge in [-0.15, -0.1) is 0 Å². The number of piperidine rings is 1. The fraction of sp³-hybridized carbons (Fsp3) is 0.448. The number of nitrogens with zero attached hydrogens (tertiary/aromatic N) is 4. The smallest absolute Gasteiger partial charge is 0.174 e. The molecule has 3 aliphatic rings. The van der Waals surface area contributed by atoms with Gasteiger partial charge in [0.05, 0.1) is 28.5 Å². The first-order chi connectivity index (χ1) is 17.4. The summed E-state index contributed by atoms with van der Waals surface area (Å²) >= 11 is 12.9. The highest BCUT2D eigenvalue weighted by molar-refractivity contribution is 7.80. The molecule has 2 aromatic heterocycles. The lowest BCUT2D eigenvalue weighted by Gasteiger charge is -2.33. The molecule has 1 N–H and O–H groups in total. The summed E-state index contributed by atoms with van der Waals surface area (Å²) in [5.41, 5.74) is 7.07. The van der Waals surface area contributed by atoms with Gasteiger partial charge in [-0.1, -0.05) is 24.6 Å². The normalized spacial score (nSPS) is 22.8. The molecular formula is C29H34ClN5S. The lowest BCUT2D eigenvalue weighted by Crippen LogP contribution is -2.33. The predicted molar refractivity (Wildman–Crippen MR) is 152 cm³/mol. The lowest BCUT2D eigenvalue weighted by atomic mass is 9.96. The number of benzene rings is 1. The maximum absolute atomic E-state index is 6.93. The van der Waals surface area contributed by atoms with Crippen LogP contribution >= 0.6 is 23.8 Å². The van der Waals surface area contributed by atoms with E-state index in [0.29, 0.717) is 11.2 Å². The number of nitrogens with one attached hydrogen (secondary N) is 1. The molecule has 0 radical (unpaired) electrons. The summed E-state index contributed by atoms with van der Waals surface area (Å²) in [4.78, 5) is 9.39. The van der Waals surface area contributed by atoms with Crippen LogP contribution in [0.4, 0.5) is 11.4 Å². The van der Waals surface area contributed by atoms with Gasteiger partial charge in [-0.25, -0.2) is 0 Å². The van der Waals surface area contributed by atoms with Crippen molar-refractivity contribution in [1.82, 2.24) is 14.9 Å². The predicted octanol–water partition coefficient (Wildman–Crippen LogP) is 6.90. The van der Waals surface area contributed by atoms with Gasteiger partial charge in [0.2, 0.25) is 0 Å². The second kappa shape index (κ2) is 9.38. The van der Waals surface area contributed by atoms with Crippen LogP contribution < -0.4 is 15.1 Å². The fourth-order valence-corrected chi connectivity index (χ4v) is 6.74. The minimum absolute atomic E-state index is 0.0103. The van der Waals surface area contributed by atoms with Gasteiger partial charge in [0, 0.05) is 42.4 Å². The third-order valence-electron chi connectivity index (χ3n) is 8.19. The summed E-state index contributed by atoms with van der Waals surface area (Å²) < 4.78 is 2.51. The molecule has 0 spiro atoms. The number of anilines is 2. The van der Waals surface area contributed by atoms with Crippen molar-refractivity contribution in [1.29, 1.82) is 0 Å². The molecule has 5 nitrogen and oxygen atoms in total. The van der Waals surface area contributed by atoms with Crippen LogP contribution in [0.5, 0.6) is 0 Å². The van der Waals surface area contributed by atoms with E-state index in [9.17, 15) is 0 Å². The number of aryl methyl sites for hydroxylation is 1. The van der Waals surface area contributed by atoms with Gasteiger partial charge in [-0.05, 0) is 99.6 Å². The van der Waals surface area contributed by atoms with Crippen molar-refractivity contribution in [3.63, 3.8) is 0 Å². The van der Waals surface area contributed by atoms with E-state index in [1.807, 2.05) is 18.3 Å². The van der Waals surface area contributed by atoms with Crippen LogP contribution in [0, 0.1) is 19.8 Å². The minimum Gasteiger partial charge on any atom is -0.370 e. The lowest BCUT2D eigenvalue weighted by molar-refractivity contribution is 0.438. The Morgan fingerprint density at radius 2 is 1.81 bits per heavy atom. The first kappa shape index (κ1) is 23.8. The molecule has 1 saturated carbocycles. The van der Waals surface area contributed by atoms with Gasteiger partial charge in [-0.2, -0.15) is 0 Å². The SMILES string of the molecule is Cc1cc([C@@H]2[C@@H](c3ccccn3)NC(=S)N2c2ccc(N3CCC(C)CC3)c(Cl)c2)c(C)n1C1CC1. The molecule has 2 saturated heterocycles. The first-order valence-electron chi connectivity index (χ1n) is 13.2. The Kier molecular flexibility index (Phi) is 6.21. The zero-order valence-electron chi connectivity index (χ0n) is 21.2. The van der Waals surface area contributed by atoms with Crippen LogP contribution in [0.25, 0.3) is 0 Å². The van der Waals surface area contributed by atoms with Crippen molar-refractivity contribution in [2.24, 2.45) is 5.92 Å². The second-order valence-corrected chi connectivity index (χ2v) is 11.5. The average molecular weight is 520 g/mol. The summed E-state index contributed by atoms with van der Waals surface area (Å²) in [5.74, 6) is 0.784. The molecule has 188 valence electrons. The van der Waals surface area contributed by atoms with Crippen LogP contribution in [0.15, 0.2) is 48.7 Å². The molecule has 36 heavy (non-hydrogen) atoms. The van der Waals surface area contributed by atoms with Gasteiger partial charge >= 0.3 is 0 Å². The Balaban J connectivity index is 1.41. The van der Waals surface area contributed by atoms with Gasteiger partial charge in [-0.3, -0.25) is 4.98 Å². The number of hydrogen-bond acceptors (Lipinski definition) is 3. The van der Waals surface area contributed by atoms with Crippen molar-refractivity contribution in [2.75, 3.05) is 22.9 Å². The van der Waals surface area contributed by atoms with Gasteiger partial charge < -0.3 is 19.7 Å². The molecule has 3 fully saturated rings. The van der Waals surface area contributed by atoms with E-state index in [1.165, 1.54) is 42.6 Å². The van der Waals surface area contributed by atoms with Gasteiger partial charge in [0.1, 0.15) is 0 Å². The van der Waals surface area contributed by atoms with Gasteiger partial charge in [0.25, 0.3) is 0 Å². The Hall–Kier alpha value is -2.57. The standard InChI is InChI=1S/C29H34ClN5S/c1-18-11-14-33(15-12-18)26-10-9-22(17-24(26)30)35-28(23-16-19(2)34(20(23)3)21-7-8-21)27(32-29(35)36)25-6-4-5-13-31-25/h4-6,9-10,13,16-18,21,27-28H,7-8,11-12,14-15H2,1-3H3,(H,32,36)/t27-,28-/m1/s1. The monoisotopic (exact) mass is 519 g/mol. The van der Waals surface area contributed by atoms with Crippen LogP contribution in [0.2, 0.25) is 5.02 Å². The van der Waals surface area contributed by atoms with Crippen LogP contribution in [0.3, 0.4) is 0 Å². The number of thiocarbonyl (C=S) groups is 1. The van der Waals surface area contributed by atoms with E-state index in [-0.39, 0.29) is 12.1 Å². The molecule has 0 amide bonds. The van der Waals surface area contributed by atoms with E-state index in [0.717, 1.165) is 41.1 Å². The van der Waals surface area contributed by atoms with Crippen LogP contribution in [-0.2, 0) is 0 Å². The van der Waals surface area contributed by atoms with E-state index in [4.69, 9.17) is 28.8 Å². The average Bonchev–Trinajstić information content (AvgIpc) is 3.58. The van der Waals surface area contributed by atoms with Crippen molar-refractivity contribution in [2.45, 2.75) is 64.6 Å². The number of pyridine rings is 1. The maximum Gasteiger partial charge on any atom is 0.174 e. The highest BCUT2D eigenvalue weighted by Gasteiger charge is 2.43. The molecule has 0 unspecified atom stereocenters. The van der Waals surface area contributed by atoms with E-state index in [1.54, 1.807) is 0 Å². The zero-order valence-corrected chi connectivity index (χ0v) is 22.8. The molecule has 2 aliphatic heterocycles. The number of aromatic nitrogens is 2. The molecule has 7 heteroatoms. The Labute approximate surface area is 224 Å². The summed E-state index contributed by atoms with van der Waals surface area (Å²) in [6.07, 6.45) is 6.80. The summed E-state index contributed by atoms with van der Waals surface area (Å²) in [7, 11) is 0. The third-order valence-corrected chi connectivity index (χ3v) is 8.80. The molecule has 4 heterocycles. The summed E-state index contributed by atoms with van der Waals surface area (Å²) in [5, 5.41) is 5.10. The molecule has 2 atom stereocenters. The molecule has 6 rings (SSSR count). The zero-order chi connectivity index (χ0) is 25.0. The maximum atomic E-state index is 6.93. The molecule has 1 aromatic carbocycles. The Bertz CT molecular complexity index is 1280. The summed E-state index contributed by atoms with van der Waals surface area (Å²) in [6, 6.07) is 15.5. The molecule has 0 bridgehead atoms. The van der Waals surface area contributed by atoms with Crippen LogP contribution in [-0.4, -0.2) is 27.8 Å². The third kappa shape index (κ3) is 4.18. The molecule has 1 aliphatic carbocycles. The fourth-order valence-electron chi connectivity index (χ4n) is 6.10. The van der Waals surface area contributed by atoms with Crippen molar-refractivity contribution < 1.29 is 0 Å². The largest absolute Gasteiger partial charge is 0.370 e. The van der Waals surface area contributed by atoms with Crippen LogP contribution in [0.1, 0.15) is 73.4 Å². The second-order valence-electron chi connectivity index (χ2n) is 10.7. The quantitative estimate of drug-likeness (QED) is 0.371. The van der Waals surface area contributed by atoms with Crippen molar-refractivity contribution in [3.8, 4) is 0 Å². The van der Waals surface area contributed by atoms with E-state index < -0.39 is 0 Å². The number of rotatable bonds is 5. The topological polar surface area (TPSA) is 36.3 Å². The number of halogens is 1. The summed E-state index contributed by atoms with van der Waals surface area (Å²) in [6.45, 7) is 8.93. The number of hydrogen-bond donors (Lipinski definition) is 1. The molecule has 3 aromatic rings. The Morgan fingerprint density at radius 1 is 1.03 bits per heavy atom. The van der Waals surface area contributed by atoms with Crippen molar-refractivity contribution in [3.05, 3.63) is 76.3 Å². The minimum atomic E-state index is -0.0473. The highest BCUT2D eigenvalue weighted by atomic mass is 35.5. The van der Waals surface area contributed by atoms with Crippen molar-refractivity contribution >= 4 is 40.3 Å². The molecular weight excluding hydrogens is 486 g/mol. The van der Waals surface area contributed by atoms with Gasteiger partial charge in [0.15, 0.2) is 5.11 Å².